The van der Waals surface area contributed by atoms with Gasteiger partial charge < -0.3 is 9.64 Å². The van der Waals surface area contributed by atoms with Crippen molar-refractivity contribution in [2.24, 2.45) is 0 Å². The molecule has 1 saturated heterocycles. The van der Waals surface area contributed by atoms with Gasteiger partial charge in [-0.2, -0.15) is 0 Å². The number of likely N-dealkylation sites (tertiary alicyclic amines) is 1. The third kappa shape index (κ3) is 5.03. The van der Waals surface area contributed by atoms with Gasteiger partial charge in [-0.25, -0.2) is 0 Å². The summed E-state index contributed by atoms with van der Waals surface area (Å²) in [7, 11) is 1.62. The number of para-hydroxylation sites is 1. The van der Waals surface area contributed by atoms with Crippen LogP contribution in [0.5, 0.6) is 5.75 Å². The highest BCUT2D eigenvalue weighted by atomic mass is 16.5. The molecule has 166 valence electrons. The molecule has 32 heavy (non-hydrogen) atoms. The molecule has 1 amide bonds. The molecule has 0 N–H and O–H groups in total. The molecule has 1 heterocycles. The Kier molecular flexibility index (Phi) is 6.91. The Bertz CT molecular complexity index is 1050. The number of amides is 1. The van der Waals surface area contributed by atoms with Gasteiger partial charge in [0.2, 0.25) is 0 Å². The summed E-state index contributed by atoms with van der Waals surface area (Å²) in [5.74, 6) is 0.620. The summed E-state index contributed by atoms with van der Waals surface area (Å²) in [6, 6.07) is 24.6. The number of anilines is 1. The van der Waals surface area contributed by atoms with E-state index in [1.165, 1.54) is 16.7 Å². The molecule has 4 rings (SSSR count). The fraction of sp³-hybridized carbons (Fsp3) is 0.321. The maximum atomic E-state index is 13.8. The molecular weight excluding hydrogens is 396 g/mol. The highest BCUT2D eigenvalue weighted by Crippen LogP contribution is 2.29. The molecule has 4 heteroatoms. The summed E-state index contributed by atoms with van der Waals surface area (Å²) < 4.78 is 5.50. The lowest BCUT2D eigenvalue weighted by molar-refractivity contribution is 0.0955. The van der Waals surface area contributed by atoms with Crippen LogP contribution in [0.3, 0.4) is 0 Å². The lowest BCUT2D eigenvalue weighted by Crippen LogP contribution is -2.47. The van der Waals surface area contributed by atoms with E-state index < -0.39 is 0 Å². The minimum Gasteiger partial charge on any atom is -0.496 e. The van der Waals surface area contributed by atoms with Gasteiger partial charge in [-0.05, 0) is 56.5 Å². The largest absolute Gasteiger partial charge is 0.496 e. The summed E-state index contributed by atoms with van der Waals surface area (Å²) >= 11 is 0. The second kappa shape index (κ2) is 10.0. The van der Waals surface area contributed by atoms with Crippen molar-refractivity contribution in [1.29, 1.82) is 0 Å². The van der Waals surface area contributed by atoms with Crippen molar-refractivity contribution in [2.45, 2.75) is 39.3 Å². The molecule has 0 aromatic heterocycles. The molecular formula is C28H32N2O2. The molecule has 1 aliphatic heterocycles. The number of piperidine rings is 1. The van der Waals surface area contributed by atoms with Crippen molar-refractivity contribution >= 4 is 11.6 Å². The van der Waals surface area contributed by atoms with Crippen molar-refractivity contribution in [2.75, 3.05) is 25.1 Å². The maximum Gasteiger partial charge on any atom is 0.262 e. The normalized spacial score (nSPS) is 14.8. The van der Waals surface area contributed by atoms with Crippen molar-refractivity contribution < 1.29 is 9.53 Å². The minimum atomic E-state index is 0.00318. The van der Waals surface area contributed by atoms with E-state index in [0.717, 1.165) is 38.2 Å². The molecule has 0 aliphatic carbocycles. The zero-order valence-electron chi connectivity index (χ0n) is 19.3. The Morgan fingerprint density at radius 2 is 1.66 bits per heavy atom. The van der Waals surface area contributed by atoms with Crippen LogP contribution >= 0.6 is 0 Å². The monoisotopic (exact) mass is 428 g/mol. The first-order chi connectivity index (χ1) is 15.5. The molecule has 1 fully saturated rings. The first kappa shape index (κ1) is 22.1. The van der Waals surface area contributed by atoms with Crippen LogP contribution in [0.4, 0.5) is 5.69 Å². The highest BCUT2D eigenvalue weighted by Gasteiger charge is 2.31. The molecule has 0 radical (unpaired) electrons. The van der Waals surface area contributed by atoms with Gasteiger partial charge in [0.15, 0.2) is 0 Å². The lowest BCUT2D eigenvalue weighted by Gasteiger charge is -2.39. The number of ether oxygens (including phenoxy) is 1. The van der Waals surface area contributed by atoms with Crippen molar-refractivity contribution in [3.05, 3.63) is 95.1 Å². The van der Waals surface area contributed by atoms with Crippen LogP contribution in [0, 0.1) is 13.8 Å². The van der Waals surface area contributed by atoms with Crippen molar-refractivity contribution in [3.63, 3.8) is 0 Å². The standard InChI is InChI=1S/C28H32N2O2/c1-21-11-13-24(14-12-21)30(28(31)26-9-4-5-10-27(26)32-3)25-15-17-29(18-16-25)20-23-8-6-7-22(2)19-23/h4-14,19,25H,15-18,20H2,1-3H3. The molecule has 3 aromatic rings. The van der Waals surface area contributed by atoms with E-state index in [1.54, 1.807) is 7.11 Å². The van der Waals surface area contributed by atoms with E-state index in [4.69, 9.17) is 4.74 Å². The van der Waals surface area contributed by atoms with Gasteiger partial charge in [0.1, 0.15) is 5.75 Å². The third-order valence-corrected chi connectivity index (χ3v) is 6.28. The fourth-order valence-corrected chi connectivity index (χ4v) is 4.55. The average molecular weight is 429 g/mol. The molecule has 0 bridgehead atoms. The molecule has 1 aliphatic rings. The second-order valence-electron chi connectivity index (χ2n) is 8.71. The zero-order valence-corrected chi connectivity index (χ0v) is 19.3. The average Bonchev–Trinajstić information content (AvgIpc) is 2.81. The van der Waals surface area contributed by atoms with Crippen LogP contribution in [0.25, 0.3) is 0 Å². The highest BCUT2D eigenvalue weighted by molar-refractivity contribution is 6.08. The van der Waals surface area contributed by atoms with Gasteiger partial charge in [0.05, 0.1) is 12.7 Å². The Hall–Kier alpha value is -3.11. The number of benzene rings is 3. The molecule has 4 nitrogen and oxygen atoms in total. The zero-order chi connectivity index (χ0) is 22.5. The second-order valence-corrected chi connectivity index (χ2v) is 8.71. The third-order valence-electron chi connectivity index (χ3n) is 6.28. The van der Waals surface area contributed by atoms with Gasteiger partial charge >= 0.3 is 0 Å². The van der Waals surface area contributed by atoms with Crippen LogP contribution < -0.4 is 9.64 Å². The summed E-state index contributed by atoms with van der Waals surface area (Å²) in [6.07, 6.45) is 1.89. The van der Waals surface area contributed by atoms with Gasteiger partial charge in [0.25, 0.3) is 5.91 Å². The number of carbonyl (C=O) groups excluding carboxylic acids is 1. The quantitative estimate of drug-likeness (QED) is 0.511. The number of methoxy groups -OCH3 is 1. The minimum absolute atomic E-state index is 0.00318. The topological polar surface area (TPSA) is 32.8 Å². The summed E-state index contributed by atoms with van der Waals surface area (Å²) in [5, 5.41) is 0. The molecule has 0 atom stereocenters. The number of aryl methyl sites for hydroxylation is 2. The number of rotatable bonds is 6. The Labute approximate surface area is 191 Å². The van der Waals surface area contributed by atoms with Gasteiger partial charge in [0, 0.05) is 31.4 Å². The van der Waals surface area contributed by atoms with Crippen molar-refractivity contribution in [3.8, 4) is 5.75 Å². The molecule has 0 saturated carbocycles. The lowest BCUT2D eigenvalue weighted by atomic mass is 9.99. The summed E-state index contributed by atoms with van der Waals surface area (Å²) in [4.78, 5) is 18.2. The Morgan fingerprint density at radius 1 is 0.938 bits per heavy atom. The van der Waals surface area contributed by atoms with E-state index in [1.807, 2.05) is 29.2 Å². The predicted octanol–water partition coefficient (Wildman–Crippen LogP) is 5.62. The Morgan fingerprint density at radius 3 is 2.34 bits per heavy atom. The maximum absolute atomic E-state index is 13.8. The van der Waals surface area contributed by atoms with E-state index >= 15 is 0 Å². The molecule has 0 spiro atoms. The summed E-state index contributed by atoms with van der Waals surface area (Å²) in [6.45, 7) is 7.11. The number of hydrogen-bond acceptors (Lipinski definition) is 3. The molecule has 3 aromatic carbocycles. The van der Waals surface area contributed by atoms with Crippen LogP contribution in [-0.4, -0.2) is 37.0 Å². The number of carbonyl (C=O) groups is 1. The molecule has 0 unspecified atom stereocenters. The number of nitrogens with zero attached hydrogens (tertiary/aromatic N) is 2. The van der Waals surface area contributed by atoms with Crippen molar-refractivity contribution in [1.82, 2.24) is 4.90 Å². The van der Waals surface area contributed by atoms with Gasteiger partial charge in [-0.3, -0.25) is 9.69 Å². The van der Waals surface area contributed by atoms with Gasteiger partial charge in [-0.1, -0.05) is 59.7 Å². The Balaban J connectivity index is 1.54. The first-order valence-electron chi connectivity index (χ1n) is 11.4. The summed E-state index contributed by atoms with van der Waals surface area (Å²) in [5.41, 5.74) is 5.39. The van der Waals surface area contributed by atoms with E-state index in [2.05, 4.69) is 67.3 Å². The van der Waals surface area contributed by atoms with E-state index in [9.17, 15) is 4.79 Å². The number of hydrogen-bond donors (Lipinski definition) is 0. The fourth-order valence-electron chi connectivity index (χ4n) is 4.55. The van der Waals surface area contributed by atoms with Crippen LogP contribution in [-0.2, 0) is 6.54 Å². The predicted molar refractivity (Wildman–Crippen MR) is 130 cm³/mol. The van der Waals surface area contributed by atoms with Gasteiger partial charge in [-0.15, -0.1) is 0 Å². The van der Waals surface area contributed by atoms with E-state index in [-0.39, 0.29) is 11.9 Å². The van der Waals surface area contributed by atoms with E-state index in [0.29, 0.717) is 11.3 Å². The smallest absolute Gasteiger partial charge is 0.262 e. The van der Waals surface area contributed by atoms with Crippen LogP contribution in [0.1, 0.15) is 39.9 Å². The SMILES string of the molecule is COc1ccccc1C(=O)N(c1ccc(C)cc1)C1CCN(Cc2cccc(C)c2)CC1. The van der Waals surface area contributed by atoms with Crippen LogP contribution in [0.15, 0.2) is 72.8 Å². The van der Waals surface area contributed by atoms with Crippen LogP contribution in [0.2, 0.25) is 0 Å². The first-order valence-corrected chi connectivity index (χ1v) is 11.4.